The van der Waals surface area contributed by atoms with Crippen molar-refractivity contribution in [2.75, 3.05) is 11.5 Å². The van der Waals surface area contributed by atoms with Gasteiger partial charge in [-0.2, -0.15) is 0 Å². The smallest absolute Gasteiger partial charge is 0.150 e. The molecule has 1 aliphatic rings. The summed E-state index contributed by atoms with van der Waals surface area (Å²) < 4.78 is 22.8. The maximum Gasteiger partial charge on any atom is 0.150 e. The molecule has 1 fully saturated rings. The number of hydrogen-bond donors (Lipinski definition) is 0. The van der Waals surface area contributed by atoms with Gasteiger partial charge in [-0.3, -0.25) is 0 Å². The van der Waals surface area contributed by atoms with E-state index in [0.29, 0.717) is 16.5 Å². The second-order valence-electron chi connectivity index (χ2n) is 4.79. The average Bonchev–Trinajstić information content (AvgIpc) is 2.44. The first-order valence-corrected chi connectivity index (χ1v) is 9.13. The van der Waals surface area contributed by atoms with Gasteiger partial charge in [0.05, 0.1) is 5.75 Å². The van der Waals surface area contributed by atoms with Crippen LogP contribution in [0.3, 0.4) is 0 Å². The van der Waals surface area contributed by atoms with Crippen molar-refractivity contribution in [2.45, 2.75) is 56.7 Å². The first kappa shape index (κ1) is 14.5. The Morgan fingerprint density at radius 2 is 1.88 bits per heavy atom. The predicted molar refractivity (Wildman–Crippen MR) is 72.9 cm³/mol. The Hall–Kier alpha value is 0.430. The van der Waals surface area contributed by atoms with Gasteiger partial charge in [0, 0.05) is 10.6 Å². The maximum atomic E-state index is 11.4. The maximum absolute atomic E-state index is 11.4. The fourth-order valence-corrected chi connectivity index (χ4v) is 4.12. The quantitative estimate of drug-likeness (QED) is 0.575. The van der Waals surface area contributed by atoms with Crippen LogP contribution in [0.1, 0.15) is 51.9 Å². The summed E-state index contributed by atoms with van der Waals surface area (Å²) in [5.74, 6) is 1.35. The Balaban J connectivity index is 2.30. The van der Waals surface area contributed by atoms with Crippen LogP contribution >= 0.6 is 15.9 Å². The van der Waals surface area contributed by atoms with Crippen molar-refractivity contribution in [1.29, 1.82) is 0 Å². The molecule has 0 heterocycles. The third-order valence-electron chi connectivity index (χ3n) is 3.54. The minimum atomic E-state index is -2.76. The average molecular weight is 311 g/mol. The minimum absolute atomic E-state index is 0.287. The first-order valence-electron chi connectivity index (χ1n) is 6.39. The lowest BCUT2D eigenvalue weighted by molar-refractivity contribution is 0.439. The van der Waals surface area contributed by atoms with Crippen molar-refractivity contribution >= 4 is 25.8 Å². The zero-order chi connectivity index (χ0) is 12.0. The van der Waals surface area contributed by atoms with Crippen LogP contribution in [0.25, 0.3) is 0 Å². The molecule has 1 rings (SSSR count). The van der Waals surface area contributed by atoms with Crippen molar-refractivity contribution in [3.05, 3.63) is 0 Å². The van der Waals surface area contributed by atoms with Crippen LogP contribution < -0.4 is 0 Å². The summed E-state index contributed by atoms with van der Waals surface area (Å²) in [4.78, 5) is 0.610. The van der Waals surface area contributed by atoms with E-state index >= 15 is 0 Å². The second-order valence-corrected chi connectivity index (χ2v) is 8.44. The lowest BCUT2D eigenvalue weighted by atomic mass is 9.95. The third kappa shape index (κ3) is 5.17. The van der Waals surface area contributed by atoms with Gasteiger partial charge in [0.1, 0.15) is 9.84 Å². The molecule has 1 saturated carbocycles. The van der Waals surface area contributed by atoms with E-state index in [9.17, 15) is 8.42 Å². The van der Waals surface area contributed by atoms with Crippen LogP contribution in [0.15, 0.2) is 0 Å². The summed E-state index contributed by atoms with van der Waals surface area (Å²) in [6.45, 7) is 1.73. The molecule has 0 aliphatic heterocycles. The molecule has 96 valence electrons. The summed E-state index contributed by atoms with van der Waals surface area (Å²) in [7, 11) is -2.76. The van der Waals surface area contributed by atoms with Crippen LogP contribution in [0.5, 0.6) is 0 Å². The van der Waals surface area contributed by atoms with E-state index in [1.807, 2.05) is 0 Å². The summed E-state index contributed by atoms with van der Waals surface area (Å²) in [5, 5.41) is 0. The van der Waals surface area contributed by atoms with Gasteiger partial charge in [0.15, 0.2) is 0 Å². The van der Waals surface area contributed by atoms with E-state index in [1.165, 1.54) is 32.1 Å². The molecule has 0 spiro atoms. The molecule has 0 aromatic carbocycles. The second kappa shape index (κ2) is 7.00. The van der Waals surface area contributed by atoms with Crippen LogP contribution in [-0.2, 0) is 9.84 Å². The molecular formula is C12H23BrO2S. The lowest BCUT2D eigenvalue weighted by Gasteiger charge is -2.19. The molecule has 0 saturated heterocycles. The fourth-order valence-electron chi connectivity index (χ4n) is 2.37. The van der Waals surface area contributed by atoms with Crippen molar-refractivity contribution in [1.82, 2.24) is 0 Å². The lowest BCUT2D eigenvalue weighted by Crippen LogP contribution is -2.15. The molecule has 16 heavy (non-hydrogen) atoms. The molecular weight excluding hydrogens is 288 g/mol. The van der Waals surface area contributed by atoms with Crippen molar-refractivity contribution in [3.8, 4) is 0 Å². The van der Waals surface area contributed by atoms with E-state index in [-0.39, 0.29) is 5.75 Å². The van der Waals surface area contributed by atoms with Gasteiger partial charge < -0.3 is 0 Å². The molecule has 4 heteroatoms. The Bertz CT molecular complexity index is 287. The molecule has 0 aromatic rings. The van der Waals surface area contributed by atoms with Gasteiger partial charge in [-0.05, 0) is 31.6 Å². The number of sulfone groups is 1. The van der Waals surface area contributed by atoms with Gasteiger partial charge >= 0.3 is 0 Å². The normalized spacial score (nSPS) is 27.6. The van der Waals surface area contributed by atoms with E-state index in [2.05, 4.69) is 15.9 Å². The number of hydrogen-bond acceptors (Lipinski definition) is 2. The molecule has 0 aromatic heterocycles. The van der Waals surface area contributed by atoms with E-state index < -0.39 is 9.84 Å². The summed E-state index contributed by atoms with van der Waals surface area (Å²) in [5.41, 5.74) is 0. The topological polar surface area (TPSA) is 34.1 Å². The van der Waals surface area contributed by atoms with Crippen LogP contribution in [0.2, 0.25) is 0 Å². The van der Waals surface area contributed by atoms with Crippen molar-refractivity contribution < 1.29 is 8.42 Å². The van der Waals surface area contributed by atoms with Crippen LogP contribution in [-0.4, -0.2) is 24.8 Å². The molecule has 0 radical (unpaired) electrons. The van der Waals surface area contributed by atoms with Gasteiger partial charge in [-0.15, -0.1) is 0 Å². The highest BCUT2D eigenvalue weighted by Gasteiger charge is 2.21. The zero-order valence-corrected chi connectivity index (χ0v) is 12.5. The van der Waals surface area contributed by atoms with Crippen LogP contribution in [0, 0.1) is 5.92 Å². The molecule has 1 aliphatic carbocycles. The molecule has 2 atom stereocenters. The third-order valence-corrected chi connectivity index (χ3v) is 6.53. The van der Waals surface area contributed by atoms with Crippen molar-refractivity contribution in [2.24, 2.45) is 5.92 Å². The van der Waals surface area contributed by atoms with E-state index in [0.717, 1.165) is 12.8 Å². The molecule has 0 N–H and O–H groups in total. The highest BCUT2D eigenvalue weighted by Crippen LogP contribution is 2.31. The predicted octanol–water partition coefficient (Wildman–Crippen LogP) is 3.55. The molecule has 0 bridgehead atoms. The van der Waals surface area contributed by atoms with E-state index in [1.54, 1.807) is 6.92 Å². The Labute approximate surface area is 108 Å². The zero-order valence-electron chi connectivity index (χ0n) is 10.1. The fraction of sp³-hybridized carbons (Fsp3) is 1.00. The van der Waals surface area contributed by atoms with Crippen molar-refractivity contribution in [3.63, 3.8) is 0 Å². The SMILES string of the molecule is CCS(=O)(=O)CCCC1CCCCCC1Br. The Kier molecular flexibility index (Phi) is 6.34. The van der Waals surface area contributed by atoms with Gasteiger partial charge in [0.2, 0.25) is 0 Å². The van der Waals surface area contributed by atoms with Gasteiger partial charge in [-0.1, -0.05) is 42.1 Å². The monoisotopic (exact) mass is 310 g/mol. The highest BCUT2D eigenvalue weighted by atomic mass is 79.9. The Morgan fingerprint density at radius 1 is 1.19 bits per heavy atom. The first-order chi connectivity index (χ1) is 7.55. The van der Waals surface area contributed by atoms with Crippen LogP contribution in [0.4, 0.5) is 0 Å². The molecule has 0 amide bonds. The largest absolute Gasteiger partial charge is 0.229 e. The summed E-state index contributed by atoms with van der Waals surface area (Å²) in [6, 6.07) is 0. The van der Waals surface area contributed by atoms with Gasteiger partial charge in [0.25, 0.3) is 0 Å². The van der Waals surface area contributed by atoms with Gasteiger partial charge in [-0.25, -0.2) is 8.42 Å². The molecule has 2 nitrogen and oxygen atoms in total. The minimum Gasteiger partial charge on any atom is -0.229 e. The summed E-state index contributed by atoms with van der Waals surface area (Å²) >= 11 is 3.75. The Morgan fingerprint density at radius 3 is 2.56 bits per heavy atom. The highest BCUT2D eigenvalue weighted by molar-refractivity contribution is 9.09. The number of rotatable bonds is 5. The number of halogens is 1. The van der Waals surface area contributed by atoms with E-state index in [4.69, 9.17) is 0 Å². The number of alkyl halides is 1. The molecule has 2 unspecified atom stereocenters. The standard InChI is InChI=1S/C12H23BrO2S/c1-2-16(14,15)10-6-8-11-7-4-3-5-9-12(11)13/h11-12H,2-10H2,1H3. The summed E-state index contributed by atoms with van der Waals surface area (Å²) in [6.07, 6.45) is 8.39.